The average Bonchev–Trinajstić information content (AvgIpc) is 3.54. The van der Waals surface area contributed by atoms with Gasteiger partial charge in [-0.05, 0) is 62.6 Å². The van der Waals surface area contributed by atoms with E-state index in [1.165, 1.54) is 18.4 Å². The Morgan fingerprint density at radius 3 is 2.71 bits per heavy atom. The maximum absolute atomic E-state index is 13.0. The van der Waals surface area contributed by atoms with E-state index in [1.54, 1.807) is 16.8 Å². The molecule has 1 aliphatic carbocycles. The first kappa shape index (κ1) is 20.9. The number of benzene rings is 1. The van der Waals surface area contributed by atoms with Crippen molar-refractivity contribution in [3.63, 3.8) is 0 Å². The lowest BCUT2D eigenvalue weighted by Crippen LogP contribution is -2.31. The van der Waals surface area contributed by atoms with Crippen LogP contribution in [0.25, 0.3) is 21.9 Å². The molecule has 1 unspecified atom stereocenters. The highest BCUT2D eigenvalue weighted by Gasteiger charge is 2.23. The van der Waals surface area contributed by atoms with Gasteiger partial charge in [0.1, 0.15) is 17.3 Å². The maximum Gasteiger partial charge on any atom is 0.270 e. The summed E-state index contributed by atoms with van der Waals surface area (Å²) in [6.45, 7) is 2.10. The Labute approximate surface area is 197 Å². The van der Waals surface area contributed by atoms with Gasteiger partial charge < -0.3 is 15.2 Å². The Balaban J connectivity index is 1.35. The third-order valence-corrected chi connectivity index (χ3v) is 7.22. The van der Waals surface area contributed by atoms with Crippen LogP contribution in [0.1, 0.15) is 56.2 Å². The number of nitrogens with one attached hydrogen (secondary N) is 2. The number of fused-ring (bicyclic) bond motifs is 2. The van der Waals surface area contributed by atoms with Gasteiger partial charge in [-0.15, -0.1) is 0 Å². The molecule has 2 N–H and O–H groups in total. The normalized spacial score (nSPS) is 19.0. The minimum atomic E-state index is -0.258. The van der Waals surface area contributed by atoms with Gasteiger partial charge in [0.15, 0.2) is 0 Å². The van der Waals surface area contributed by atoms with E-state index in [2.05, 4.69) is 44.6 Å². The molecule has 0 amide bonds. The topological polar surface area (TPSA) is 101 Å². The summed E-state index contributed by atoms with van der Waals surface area (Å²) >= 11 is 0. The molecule has 0 radical (unpaired) electrons. The summed E-state index contributed by atoms with van der Waals surface area (Å²) in [5, 5.41) is 18.1. The van der Waals surface area contributed by atoms with Crippen LogP contribution in [-0.2, 0) is 0 Å². The summed E-state index contributed by atoms with van der Waals surface area (Å²) in [7, 11) is 0. The number of nitriles is 1. The van der Waals surface area contributed by atoms with Gasteiger partial charge in [-0.3, -0.25) is 9.36 Å². The highest BCUT2D eigenvalue weighted by atomic mass is 16.1. The Bertz CT molecular complexity index is 1470. The molecule has 1 saturated carbocycles. The molecular formula is C26H27N7O. The van der Waals surface area contributed by atoms with Crippen molar-refractivity contribution < 1.29 is 0 Å². The number of pyridine rings is 1. The number of anilines is 2. The molecule has 1 atom stereocenters. The number of hydrogen-bond donors (Lipinski definition) is 2. The van der Waals surface area contributed by atoms with Crippen molar-refractivity contribution in [2.24, 2.45) is 0 Å². The molecule has 8 heteroatoms. The van der Waals surface area contributed by atoms with Crippen molar-refractivity contribution in [2.75, 3.05) is 18.4 Å². The predicted molar refractivity (Wildman–Crippen MR) is 132 cm³/mol. The monoisotopic (exact) mass is 453 g/mol. The summed E-state index contributed by atoms with van der Waals surface area (Å²) in [5.74, 6) is 0.443. The fourth-order valence-electron chi connectivity index (χ4n) is 5.52. The van der Waals surface area contributed by atoms with Gasteiger partial charge in [0.25, 0.3) is 5.56 Å². The summed E-state index contributed by atoms with van der Waals surface area (Å²) in [4.78, 5) is 22.2. The molecule has 34 heavy (non-hydrogen) atoms. The van der Waals surface area contributed by atoms with E-state index in [1.807, 2.05) is 12.1 Å². The van der Waals surface area contributed by atoms with Crippen molar-refractivity contribution in [3.8, 4) is 6.07 Å². The molecule has 172 valence electrons. The van der Waals surface area contributed by atoms with Crippen LogP contribution >= 0.6 is 0 Å². The molecule has 1 aromatic carbocycles. The molecular weight excluding hydrogens is 426 g/mol. The largest absolute Gasteiger partial charge is 0.343 e. The Morgan fingerprint density at radius 1 is 1.06 bits per heavy atom. The van der Waals surface area contributed by atoms with Crippen molar-refractivity contribution >= 4 is 33.6 Å². The molecule has 0 bridgehead atoms. The van der Waals surface area contributed by atoms with E-state index in [-0.39, 0.29) is 17.2 Å². The second-order valence-corrected chi connectivity index (χ2v) is 9.38. The molecule has 1 aliphatic heterocycles. The highest BCUT2D eigenvalue weighted by molar-refractivity contribution is 5.85. The van der Waals surface area contributed by atoms with Crippen LogP contribution in [0.4, 0.5) is 11.6 Å². The van der Waals surface area contributed by atoms with Gasteiger partial charge in [-0.1, -0.05) is 12.8 Å². The van der Waals surface area contributed by atoms with Gasteiger partial charge in [0.2, 0.25) is 5.95 Å². The van der Waals surface area contributed by atoms with Crippen molar-refractivity contribution in [2.45, 2.75) is 50.6 Å². The first-order valence-corrected chi connectivity index (χ1v) is 12.1. The van der Waals surface area contributed by atoms with Gasteiger partial charge in [-0.2, -0.15) is 10.2 Å². The lowest BCUT2D eigenvalue weighted by molar-refractivity contribution is 0.379. The number of hydrogen-bond acceptors (Lipinski definition) is 6. The Morgan fingerprint density at radius 2 is 1.91 bits per heavy atom. The number of piperidine rings is 1. The fourth-order valence-corrected chi connectivity index (χ4v) is 5.52. The van der Waals surface area contributed by atoms with Crippen LogP contribution in [0.5, 0.6) is 0 Å². The predicted octanol–water partition coefficient (Wildman–Crippen LogP) is 4.40. The quantitative estimate of drug-likeness (QED) is 0.475. The molecule has 2 fully saturated rings. The molecule has 8 nitrogen and oxygen atoms in total. The molecule has 4 aromatic rings. The van der Waals surface area contributed by atoms with Crippen molar-refractivity contribution in [3.05, 3.63) is 58.6 Å². The average molecular weight is 454 g/mol. The second kappa shape index (κ2) is 8.58. The van der Waals surface area contributed by atoms with Crippen LogP contribution < -0.4 is 16.2 Å². The van der Waals surface area contributed by atoms with Crippen LogP contribution in [0.15, 0.2) is 47.5 Å². The summed E-state index contributed by atoms with van der Waals surface area (Å²) in [6.07, 6.45) is 10.3. The van der Waals surface area contributed by atoms with Crippen molar-refractivity contribution in [1.82, 2.24) is 24.4 Å². The van der Waals surface area contributed by atoms with Gasteiger partial charge in [-0.25, -0.2) is 4.98 Å². The highest BCUT2D eigenvalue weighted by Crippen LogP contribution is 2.31. The molecule has 2 aliphatic rings. The number of rotatable bonds is 4. The van der Waals surface area contributed by atoms with E-state index in [0.717, 1.165) is 49.8 Å². The summed E-state index contributed by atoms with van der Waals surface area (Å²) < 4.78 is 4.08. The first-order valence-electron chi connectivity index (χ1n) is 12.1. The van der Waals surface area contributed by atoms with Crippen molar-refractivity contribution in [1.29, 1.82) is 5.26 Å². The van der Waals surface area contributed by atoms with Crippen LogP contribution in [0.2, 0.25) is 0 Å². The lowest BCUT2D eigenvalue weighted by atomic mass is 10.1. The maximum atomic E-state index is 13.0. The van der Waals surface area contributed by atoms with Gasteiger partial charge in [0.05, 0.1) is 0 Å². The molecule has 1 saturated heterocycles. The molecule has 4 heterocycles. The first-order chi connectivity index (χ1) is 16.7. The second-order valence-electron chi connectivity index (χ2n) is 9.38. The zero-order valence-electron chi connectivity index (χ0n) is 19.0. The number of nitrogens with zero attached hydrogens (tertiary/aromatic N) is 5. The number of aromatic nitrogens is 4. The third kappa shape index (κ3) is 3.62. The lowest BCUT2D eigenvalue weighted by Gasteiger charge is -2.25. The standard InChI is InChI=1S/C26H27N7O/c27-14-18-12-19-15-29-26(31-24(19)33(25(18)34)21-4-1-2-5-21)30-20-7-8-23-17(13-20)9-11-32(23)22-6-3-10-28-16-22/h7-9,11-13,15,21-22,28H,1-6,10,16H2,(H,29,30,31). The minimum Gasteiger partial charge on any atom is -0.343 e. The smallest absolute Gasteiger partial charge is 0.270 e. The van der Waals surface area contributed by atoms with Crippen LogP contribution in [0, 0.1) is 11.3 Å². The fraction of sp³-hybridized carbons (Fsp3) is 0.385. The van der Waals surface area contributed by atoms with E-state index in [4.69, 9.17) is 4.98 Å². The van der Waals surface area contributed by atoms with Crippen LogP contribution in [0.3, 0.4) is 0 Å². The Kier molecular flexibility index (Phi) is 5.27. The van der Waals surface area contributed by atoms with E-state index in [0.29, 0.717) is 23.0 Å². The zero-order chi connectivity index (χ0) is 23.1. The van der Waals surface area contributed by atoms with E-state index >= 15 is 0 Å². The minimum absolute atomic E-state index is 0.0800. The summed E-state index contributed by atoms with van der Waals surface area (Å²) in [5.41, 5.74) is 2.59. The zero-order valence-corrected chi connectivity index (χ0v) is 19.0. The van der Waals surface area contributed by atoms with Crippen LogP contribution in [-0.4, -0.2) is 32.2 Å². The van der Waals surface area contributed by atoms with E-state index in [9.17, 15) is 10.1 Å². The van der Waals surface area contributed by atoms with Gasteiger partial charge >= 0.3 is 0 Å². The Hall–Kier alpha value is -3.70. The van der Waals surface area contributed by atoms with E-state index < -0.39 is 0 Å². The molecule has 6 rings (SSSR count). The van der Waals surface area contributed by atoms with Gasteiger partial charge in [0, 0.05) is 53.0 Å². The summed E-state index contributed by atoms with van der Waals surface area (Å²) in [6, 6.07) is 12.6. The third-order valence-electron chi connectivity index (χ3n) is 7.22. The SMILES string of the molecule is N#Cc1cc2cnc(Nc3ccc4c(ccn4C4CCCNC4)c3)nc2n(C2CCCC2)c1=O. The molecule has 3 aromatic heterocycles. The molecule has 0 spiro atoms.